The highest BCUT2D eigenvalue weighted by atomic mass is 16.3. The van der Waals surface area contributed by atoms with Gasteiger partial charge in [-0.2, -0.15) is 0 Å². The van der Waals surface area contributed by atoms with Crippen LogP contribution in [-0.2, 0) is 16.1 Å². The molecule has 6 nitrogen and oxygen atoms in total. The van der Waals surface area contributed by atoms with Gasteiger partial charge in [0.05, 0.1) is 24.4 Å². The van der Waals surface area contributed by atoms with Crippen LogP contribution >= 0.6 is 0 Å². The molecule has 1 aromatic carbocycles. The van der Waals surface area contributed by atoms with Gasteiger partial charge in [-0.05, 0) is 31.2 Å². The molecule has 24 heavy (non-hydrogen) atoms. The molecule has 0 radical (unpaired) electrons. The Morgan fingerprint density at radius 2 is 1.96 bits per heavy atom. The van der Waals surface area contributed by atoms with Gasteiger partial charge in [-0.1, -0.05) is 18.2 Å². The van der Waals surface area contributed by atoms with E-state index < -0.39 is 0 Å². The summed E-state index contributed by atoms with van der Waals surface area (Å²) in [5.41, 5.74) is 4.01. The van der Waals surface area contributed by atoms with E-state index >= 15 is 0 Å². The van der Waals surface area contributed by atoms with Gasteiger partial charge in [0, 0.05) is 18.5 Å². The highest BCUT2D eigenvalue weighted by Gasteiger charge is 2.50. The molecule has 0 aliphatic carbocycles. The zero-order chi connectivity index (χ0) is 16.7. The van der Waals surface area contributed by atoms with Crippen LogP contribution < -0.4 is 10.4 Å². The van der Waals surface area contributed by atoms with Crippen molar-refractivity contribution in [3.63, 3.8) is 0 Å². The zero-order valence-electron chi connectivity index (χ0n) is 13.4. The van der Waals surface area contributed by atoms with E-state index in [0.717, 1.165) is 11.4 Å². The van der Waals surface area contributed by atoms with Crippen LogP contribution in [0.15, 0.2) is 53.1 Å². The average molecular weight is 325 g/mol. The Morgan fingerprint density at radius 1 is 1.17 bits per heavy atom. The molecule has 2 aliphatic heterocycles. The fourth-order valence-corrected chi connectivity index (χ4v) is 3.65. The van der Waals surface area contributed by atoms with E-state index in [4.69, 9.17) is 4.42 Å². The topological polar surface area (TPSA) is 65.8 Å². The first kappa shape index (κ1) is 15.0. The maximum Gasteiger partial charge on any atom is 0.248 e. The minimum absolute atomic E-state index is 0.00986. The van der Waals surface area contributed by atoms with Gasteiger partial charge in [0.1, 0.15) is 5.76 Å². The number of furan rings is 1. The summed E-state index contributed by atoms with van der Waals surface area (Å²) in [6.45, 7) is 2.33. The molecule has 4 rings (SSSR count). The number of anilines is 1. The third-order valence-electron chi connectivity index (χ3n) is 4.88. The lowest BCUT2D eigenvalue weighted by Crippen LogP contribution is -2.54. The first-order chi connectivity index (χ1) is 11.6. The molecule has 2 fully saturated rings. The van der Waals surface area contributed by atoms with Crippen molar-refractivity contribution >= 4 is 17.5 Å². The van der Waals surface area contributed by atoms with Crippen molar-refractivity contribution < 1.29 is 14.0 Å². The Kier molecular flexibility index (Phi) is 3.61. The van der Waals surface area contributed by atoms with Crippen LogP contribution in [0.4, 0.5) is 5.69 Å². The molecule has 2 aromatic rings. The summed E-state index contributed by atoms with van der Waals surface area (Å²) in [5.74, 6) is 0.524. The van der Waals surface area contributed by atoms with Crippen molar-refractivity contribution in [2.75, 3.05) is 5.01 Å². The van der Waals surface area contributed by atoms with Crippen LogP contribution in [0.5, 0.6) is 0 Å². The van der Waals surface area contributed by atoms with Gasteiger partial charge in [0.25, 0.3) is 0 Å². The number of carbonyl (C=O) groups excluding carboxylic acids is 2. The van der Waals surface area contributed by atoms with E-state index in [9.17, 15) is 9.59 Å². The molecule has 1 aromatic heterocycles. The van der Waals surface area contributed by atoms with Gasteiger partial charge in [-0.25, -0.2) is 10.4 Å². The van der Waals surface area contributed by atoms with Gasteiger partial charge in [-0.3, -0.25) is 9.59 Å². The van der Waals surface area contributed by atoms with Crippen molar-refractivity contribution in [2.24, 2.45) is 5.92 Å². The van der Waals surface area contributed by atoms with Crippen molar-refractivity contribution in [3.05, 3.63) is 54.5 Å². The average Bonchev–Trinajstić information content (AvgIpc) is 3.20. The first-order valence-electron chi connectivity index (χ1n) is 8.12. The normalized spacial score (nSPS) is 26.8. The quantitative estimate of drug-likeness (QED) is 0.936. The van der Waals surface area contributed by atoms with Crippen molar-refractivity contribution in [3.8, 4) is 0 Å². The summed E-state index contributed by atoms with van der Waals surface area (Å²) in [6, 6.07) is 12.8. The highest BCUT2D eigenvalue weighted by molar-refractivity contribution is 5.99. The summed E-state index contributed by atoms with van der Waals surface area (Å²) < 4.78 is 5.36. The summed E-state index contributed by atoms with van der Waals surface area (Å²) in [5, 5.41) is 1.58. The fraction of sp³-hybridized carbons (Fsp3) is 0.333. The number of likely N-dealkylation sites (tertiary alicyclic amines) is 1. The lowest BCUT2D eigenvalue weighted by atomic mass is 9.86. The number of amides is 2. The van der Waals surface area contributed by atoms with Gasteiger partial charge in [-0.15, -0.1) is 0 Å². The van der Waals surface area contributed by atoms with E-state index in [1.54, 1.807) is 22.2 Å². The molecule has 0 bridgehead atoms. The lowest BCUT2D eigenvalue weighted by molar-refractivity contribution is -0.142. The van der Waals surface area contributed by atoms with Gasteiger partial charge in [0.15, 0.2) is 0 Å². The van der Waals surface area contributed by atoms with Crippen LogP contribution in [0.2, 0.25) is 0 Å². The van der Waals surface area contributed by atoms with Gasteiger partial charge in [0.2, 0.25) is 11.8 Å². The van der Waals surface area contributed by atoms with E-state index in [2.05, 4.69) is 5.43 Å². The van der Waals surface area contributed by atoms with Crippen molar-refractivity contribution in [1.82, 2.24) is 10.3 Å². The van der Waals surface area contributed by atoms with Crippen LogP contribution in [0.1, 0.15) is 19.1 Å². The number of para-hydroxylation sites is 1. The van der Waals surface area contributed by atoms with E-state index in [-0.39, 0.29) is 29.8 Å². The summed E-state index contributed by atoms with van der Waals surface area (Å²) in [6.07, 6.45) is 1.90. The molecule has 3 atom stereocenters. The number of piperidine rings is 1. The van der Waals surface area contributed by atoms with Crippen LogP contribution in [0, 0.1) is 5.92 Å². The Morgan fingerprint density at radius 3 is 2.67 bits per heavy atom. The molecule has 0 spiro atoms. The minimum Gasteiger partial charge on any atom is -0.467 e. The summed E-state index contributed by atoms with van der Waals surface area (Å²) in [4.78, 5) is 27.2. The molecule has 1 N–H and O–H groups in total. The maximum atomic E-state index is 12.9. The number of hydrogen-bond donors (Lipinski definition) is 1. The number of nitrogens with one attached hydrogen (secondary N) is 1. The van der Waals surface area contributed by atoms with E-state index in [0.29, 0.717) is 13.0 Å². The molecule has 3 unspecified atom stereocenters. The van der Waals surface area contributed by atoms with Gasteiger partial charge >= 0.3 is 0 Å². The SMILES string of the molecule is CC1C2C(=O)N(c3ccccc3)NC2CC(=O)N1Cc1ccco1. The zero-order valence-corrected chi connectivity index (χ0v) is 13.4. The Hall–Kier alpha value is -2.60. The first-order valence-corrected chi connectivity index (χ1v) is 8.12. The number of hydrazine groups is 1. The standard InChI is InChI=1S/C18H19N3O3/c1-12-17-15(10-16(22)20(12)11-14-8-5-9-24-14)19-21(18(17)23)13-6-3-2-4-7-13/h2-9,12,15,17,19H,10-11H2,1H3. The molecule has 2 amide bonds. The molecule has 6 heteroatoms. The molecule has 3 heterocycles. The minimum atomic E-state index is -0.252. The third-order valence-corrected chi connectivity index (χ3v) is 4.88. The van der Waals surface area contributed by atoms with Crippen molar-refractivity contribution in [1.29, 1.82) is 0 Å². The second-order valence-corrected chi connectivity index (χ2v) is 6.32. The Bertz CT molecular complexity index is 744. The molecule has 124 valence electrons. The van der Waals surface area contributed by atoms with E-state index in [1.165, 1.54) is 0 Å². The molecule has 0 saturated carbocycles. The summed E-state index contributed by atoms with van der Waals surface area (Å²) in [7, 11) is 0. The smallest absolute Gasteiger partial charge is 0.248 e. The Balaban J connectivity index is 1.58. The number of fused-ring (bicyclic) bond motifs is 1. The third kappa shape index (κ3) is 2.39. The van der Waals surface area contributed by atoms with Gasteiger partial charge < -0.3 is 9.32 Å². The number of carbonyl (C=O) groups is 2. The van der Waals surface area contributed by atoms with E-state index in [1.807, 2.05) is 43.3 Å². The second kappa shape index (κ2) is 5.79. The molecular formula is C18H19N3O3. The Labute approximate surface area is 140 Å². The largest absolute Gasteiger partial charge is 0.467 e. The molecular weight excluding hydrogens is 306 g/mol. The maximum absolute atomic E-state index is 12.9. The molecule has 2 saturated heterocycles. The predicted molar refractivity (Wildman–Crippen MR) is 87.7 cm³/mol. The van der Waals surface area contributed by atoms with Crippen LogP contribution in [-0.4, -0.2) is 28.8 Å². The lowest BCUT2D eigenvalue weighted by Gasteiger charge is -2.38. The number of rotatable bonds is 3. The monoisotopic (exact) mass is 325 g/mol. The summed E-state index contributed by atoms with van der Waals surface area (Å²) >= 11 is 0. The predicted octanol–water partition coefficient (Wildman–Crippen LogP) is 1.94. The van der Waals surface area contributed by atoms with Crippen molar-refractivity contribution in [2.45, 2.75) is 32.0 Å². The number of hydrogen-bond acceptors (Lipinski definition) is 4. The van der Waals surface area contributed by atoms with Crippen LogP contribution in [0.25, 0.3) is 0 Å². The second-order valence-electron chi connectivity index (χ2n) is 6.32. The number of benzene rings is 1. The highest BCUT2D eigenvalue weighted by Crippen LogP contribution is 2.33. The molecule has 2 aliphatic rings. The van der Waals surface area contributed by atoms with Crippen LogP contribution in [0.3, 0.4) is 0 Å². The number of nitrogens with zero attached hydrogens (tertiary/aromatic N) is 2. The fourth-order valence-electron chi connectivity index (χ4n) is 3.65.